The summed E-state index contributed by atoms with van der Waals surface area (Å²) in [5.41, 5.74) is 3.37. The van der Waals surface area contributed by atoms with Gasteiger partial charge in [0.1, 0.15) is 5.82 Å². The van der Waals surface area contributed by atoms with Crippen LogP contribution in [-0.2, 0) is 17.9 Å². The van der Waals surface area contributed by atoms with Crippen LogP contribution in [0.1, 0.15) is 16.7 Å². The van der Waals surface area contributed by atoms with Crippen molar-refractivity contribution in [3.05, 3.63) is 71.0 Å². The molecule has 0 aliphatic carbocycles. The number of carbonyl (C=O) groups is 1. The molecule has 2 aromatic carbocycles. The second kappa shape index (κ2) is 7.88. The molecule has 0 saturated carbocycles. The smallest absolute Gasteiger partial charge is 0.236 e. The molecule has 23 heavy (non-hydrogen) atoms. The van der Waals surface area contributed by atoms with Gasteiger partial charge in [-0.3, -0.25) is 9.69 Å². The Morgan fingerprint density at radius 1 is 1.00 bits per heavy atom. The predicted octanol–water partition coefficient (Wildman–Crippen LogP) is 3.22. The van der Waals surface area contributed by atoms with Gasteiger partial charge in [0.2, 0.25) is 5.91 Å². The Kier molecular flexibility index (Phi) is 5.88. The van der Waals surface area contributed by atoms with Crippen LogP contribution < -0.4 is 0 Å². The average Bonchev–Trinajstić information content (AvgIpc) is 2.51. The van der Waals surface area contributed by atoms with Crippen LogP contribution >= 0.6 is 0 Å². The number of aryl methyl sites for hydroxylation is 1. The van der Waals surface area contributed by atoms with E-state index in [9.17, 15) is 9.18 Å². The lowest BCUT2D eigenvalue weighted by atomic mass is 10.1. The lowest BCUT2D eigenvalue weighted by molar-refractivity contribution is -0.131. The Morgan fingerprint density at radius 3 is 2.30 bits per heavy atom. The molecule has 0 radical (unpaired) electrons. The maximum Gasteiger partial charge on any atom is 0.236 e. The van der Waals surface area contributed by atoms with Crippen molar-refractivity contribution >= 4 is 5.91 Å². The number of hydrogen-bond acceptors (Lipinski definition) is 2. The van der Waals surface area contributed by atoms with E-state index >= 15 is 0 Å². The van der Waals surface area contributed by atoms with Crippen molar-refractivity contribution in [3.8, 4) is 0 Å². The monoisotopic (exact) mass is 314 g/mol. The number of likely N-dealkylation sites (N-methyl/N-ethyl adjacent to an activating group) is 2. The largest absolute Gasteiger partial charge is 0.340 e. The fourth-order valence-electron chi connectivity index (χ4n) is 2.44. The van der Waals surface area contributed by atoms with Crippen molar-refractivity contribution in [2.45, 2.75) is 20.0 Å². The molecule has 0 heterocycles. The van der Waals surface area contributed by atoms with Crippen LogP contribution in [0.4, 0.5) is 4.39 Å². The fourth-order valence-corrected chi connectivity index (χ4v) is 2.44. The molecular weight excluding hydrogens is 291 g/mol. The Bertz CT molecular complexity index is 655. The second-order valence-corrected chi connectivity index (χ2v) is 5.98. The highest BCUT2D eigenvalue weighted by Gasteiger charge is 2.13. The van der Waals surface area contributed by atoms with Gasteiger partial charge in [-0.25, -0.2) is 4.39 Å². The number of halogens is 1. The van der Waals surface area contributed by atoms with Crippen molar-refractivity contribution in [2.24, 2.45) is 0 Å². The van der Waals surface area contributed by atoms with Crippen LogP contribution in [0.3, 0.4) is 0 Å². The molecule has 1 amide bonds. The number of rotatable bonds is 6. The zero-order chi connectivity index (χ0) is 16.8. The number of amides is 1. The Morgan fingerprint density at radius 2 is 1.65 bits per heavy atom. The third-order valence-electron chi connectivity index (χ3n) is 3.87. The minimum atomic E-state index is -0.263. The number of hydrogen-bond donors (Lipinski definition) is 0. The Labute approximate surface area is 137 Å². The van der Waals surface area contributed by atoms with Crippen molar-refractivity contribution < 1.29 is 9.18 Å². The first kappa shape index (κ1) is 17.2. The van der Waals surface area contributed by atoms with E-state index in [2.05, 4.69) is 19.1 Å². The highest BCUT2D eigenvalue weighted by Crippen LogP contribution is 2.10. The molecule has 0 saturated heterocycles. The SMILES string of the molecule is Cc1ccccc1CN(C)CC(=O)N(C)Cc1ccc(F)cc1. The second-order valence-electron chi connectivity index (χ2n) is 5.98. The molecule has 0 bridgehead atoms. The molecule has 0 aromatic heterocycles. The molecule has 2 aromatic rings. The van der Waals surface area contributed by atoms with Crippen LogP contribution in [0, 0.1) is 12.7 Å². The van der Waals surface area contributed by atoms with Crippen LogP contribution in [0.25, 0.3) is 0 Å². The first-order valence-electron chi connectivity index (χ1n) is 7.67. The van der Waals surface area contributed by atoms with Gasteiger partial charge in [0.05, 0.1) is 6.54 Å². The van der Waals surface area contributed by atoms with E-state index in [1.165, 1.54) is 23.3 Å². The highest BCUT2D eigenvalue weighted by atomic mass is 19.1. The van der Waals surface area contributed by atoms with Crippen molar-refractivity contribution in [1.82, 2.24) is 9.80 Å². The lowest BCUT2D eigenvalue weighted by Crippen LogP contribution is -2.36. The molecule has 2 rings (SSSR count). The van der Waals surface area contributed by atoms with E-state index in [0.717, 1.165) is 12.1 Å². The maximum absolute atomic E-state index is 12.9. The highest BCUT2D eigenvalue weighted by molar-refractivity contribution is 5.77. The van der Waals surface area contributed by atoms with E-state index < -0.39 is 0 Å². The van der Waals surface area contributed by atoms with Crippen LogP contribution in [-0.4, -0.2) is 36.3 Å². The van der Waals surface area contributed by atoms with E-state index in [4.69, 9.17) is 0 Å². The molecule has 4 heteroatoms. The number of nitrogens with zero attached hydrogens (tertiary/aromatic N) is 2. The third-order valence-corrected chi connectivity index (χ3v) is 3.87. The molecule has 0 N–H and O–H groups in total. The van der Waals surface area contributed by atoms with Gasteiger partial charge in [-0.15, -0.1) is 0 Å². The average molecular weight is 314 g/mol. The van der Waals surface area contributed by atoms with E-state index in [1.807, 2.05) is 24.1 Å². The zero-order valence-corrected chi connectivity index (χ0v) is 13.9. The van der Waals surface area contributed by atoms with Crippen molar-refractivity contribution in [2.75, 3.05) is 20.6 Å². The number of benzene rings is 2. The summed E-state index contributed by atoms with van der Waals surface area (Å²) >= 11 is 0. The van der Waals surface area contributed by atoms with Gasteiger partial charge in [-0.1, -0.05) is 36.4 Å². The maximum atomic E-state index is 12.9. The standard InChI is InChI=1S/C19H23FN2O/c1-15-6-4-5-7-17(15)13-21(2)14-19(23)22(3)12-16-8-10-18(20)11-9-16/h4-11H,12-14H2,1-3H3. The van der Waals surface area contributed by atoms with Gasteiger partial charge in [-0.2, -0.15) is 0 Å². The Hall–Kier alpha value is -2.20. The minimum Gasteiger partial charge on any atom is -0.340 e. The predicted molar refractivity (Wildman–Crippen MR) is 90.4 cm³/mol. The molecule has 0 fully saturated rings. The minimum absolute atomic E-state index is 0.0467. The molecule has 3 nitrogen and oxygen atoms in total. The first-order chi connectivity index (χ1) is 11.0. The van der Waals surface area contributed by atoms with Gasteiger partial charge in [0.15, 0.2) is 0 Å². The fraction of sp³-hybridized carbons (Fsp3) is 0.316. The molecule has 0 aliphatic rings. The molecule has 0 spiro atoms. The Balaban J connectivity index is 1.87. The normalized spacial score (nSPS) is 10.8. The lowest BCUT2D eigenvalue weighted by Gasteiger charge is -2.22. The van der Waals surface area contributed by atoms with Crippen LogP contribution in [0.15, 0.2) is 48.5 Å². The molecular formula is C19H23FN2O. The summed E-state index contributed by atoms with van der Waals surface area (Å²) in [6.45, 7) is 3.65. The molecule has 0 aliphatic heterocycles. The van der Waals surface area contributed by atoms with Gasteiger partial charge in [0.25, 0.3) is 0 Å². The number of carbonyl (C=O) groups excluding carboxylic acids is 1. The summed E-state index contributed by atoms with van der Waals surface area (Å²) < 4.78 is 12.9. The summed E-state index contributed by atoms with van der Waals surface area (Å²) in [5, 5.41) is 0. The zero-order valence-electron chi connectivity index (χ0n) is 13.9. The van der Waals surface area contributed by atoms with Crippen molar-refractivity contribution in [3.63, 3.8) is 0 Å². The summed E-state index contributed by atoms with van der Waals surface area (Å²) in [7, 11) is 3.71. The van der Waals surface area contributed by atoms with Gasteiger partial charge in [0, 0.05) is 20.1 Å². The van der Waals surface area contributed by atoms with E-state index in [1.54, 1.807) is 24.1 Å². The molecule has 0 unspecified atom stereocenters. The van der Waals surface area contributed by atoms with E-state index in [0.29, 0.717) is 13.1 Å². The third kappa shape index (κ3) is 5.18. The van der Waals surface area contributed by atoms with Crippen LogP contribution in [0.2, 0.25) is 0 Å². The van der Waals surface area contributed by atoms with Gasteiger partial charge < -0.3 is 4.90 Å². The topological polar surface area (TPSA) is 23.6 Å². The quantitative estimate of drug-likeness (QED) is 0.817. The van der Waals surface area contributed by atoms with Gasteiger partial charge in [-0.05, 0) is 42.8 Å². The first-order valence-corrected chi connectivity index (χ1v) is 7.67. The molecule has 0 atom stereocenters. The van der Waals surface area contributed by atoms with Crippen LogP contribution in [0.5, 0.6) is 0 Å². The summed E-state index contributed by atoms with van der Waals surface area (Å²) in [4.78, 5) is 16.0. The van der Waals surface area contributed by atoms with Crippen molar-refractivity contribution in [1.29, 1.82) is 0 Å². The molecule has 122 valence electrons. The van der Waals surface area contributed by atoms with Gasteiger partial charge >= 0.3 is 0 Å². The summed E-state index contributed by atoms with van der Waals surface area (Å²) in [5.74, 6) is -0.217. The summed E-state index contributed by atoms with van der Waals surface area (Å²) in [6, 6.07) is 14.4. The summed E-state index contributed by atoms with van der Waals surface area (Å²) in [6.07, 6.45) is 0. The van der Waals surface area contributed by atoms with E-state index in [-0.39, 0.29) is 11.7 Å².